The van der Waals surface area contributed by atoms with Gasteiger partial charge in [0.25, 0.3) is 0 Å². The van der Waals surface area contributed by atoms with E-state index in [4.69, 9.17) is 4.74 Å². The highest BCUT2D eigenvalue weighted by molar-refractivity contribution is 5.85. The highest BCUT2D eigenvalue weighted by Crippen LogP contribution is 2.23. The average Bonchev–Trinajstić information content (AvgIpc) is 2.42. The summed E-state index contributed by atoms with van der Waals surface area (Å²) >= 11 is 0. The van der Waals surface area contributed by atoms with Crippen LogP contribution >= 0.6 is 12.4 Å². The van der Waals surface area contributed by atoms with Crippen LogP contribution in [0.15, 0.2) is 24.3 Å². The second kappa shape index (κ2) is 8.21. The van der Waals surface area contributed by atoms with Crippen molar-refractivity contribution in [2.75, 3.05) is 32.8 Å². The molecule has 0 unspecified atom stereocenters. The molecule has 5 nitrogen and oxygen atoms in total. The third-order valence-corrected chi connectivity index (χ3v) is 3.29. The zero-order valence-electron chi connectivity index (χ0n) is 11.5. The minimum atomic E-state index is -0.325. The second-order valence-electron chi connectivity index (χ2n) is 4.65. The third kappa shape index (κ3) is 4.45. The summed E-state index contributed by atoms with van der Waals surface area (Å²) in [6, 6.07) is 7.35. The van der Waals surface area contributed by atoms with Crippen molar-refractivity contribution in [1.29, 1.82) is 0 Å². The molecule has 1 aliphatic rings. The van der Waals surface area contributed by atoms with Crippen LogP contribution in [-0.2, 0) is 4.79 Å². The fraction of sp³-hybridized carbons (Fsp3) is 0.500. The lowest BCUT2D eigenvalue weighted by atomic mass is 10.1. The molecule has 0 aliphatic carbocycles. The first-order valence-electron chi connectivity index (χ1n) is 6.54. The number of carbonyl (C=O) groups is 1. The summed E-state index contributed by atoms with van der Waals surface area (Å²) < 4.78 is 5.00. The van der Waals surface area contributed by atoms with Gasteiger partial charge in [-0.25, -0.2) is 0 Å². The van der Waals surface area contributed by atoms with Gasteiger partial charge in [0.1, 0.15) is 5.75 Å². The Kier molecular flexibility index (Phi) is 6.95. The summed E-state index contributed by atoms with van der Waals surface area (Å²) in [6.45, 7) is 5.22. The first kappa shape index (κ1) is 16.9. The first-order valence-corrected chi connectivity index (χ1v) is 6.54. The van der Waals surface area contributed by atoms with E-state index in [0.29, 0.717) is 5.75 Å². The minimum absolute atomic E-state index is 0. The molecular weight excluding hydrogens is 280 g/mol. The lowest BCUT2D eigenvalue weighted by molar-refractivity contribution is -0.131. The maximum Gasteiger partial charge on any atom is 0.308 e. The third-order valence-electron chi connectivity index (χ3n) is 3.29. The van der Waals surface area contributed by atoms with Crippen molar-refractivity contribution < 1.29 is 14.6 Å². The van der Waals surface area contributed by atoms with Crippen LogP contribution in [0.25, 0.3) is 0 Å². The van der Waals surface area contributed by atoms with E-state index in [0.717, 1.165) is 31.7 Å². The van der Waals surface area contributed by atoms with E-state index < -0.39 is 0 Å². The average molecular weight is 301 g/mol. The van der Waals surface area contributed by atoms with E-state index in [9.17, 15) is 9.90 Å². The van der Waals surface area contributed by atoms with Crippen molar-refractivity contribution in [3.63, 3.8) is 0 Å². The summed E-state index contributed by atoms with van der Waals surface area (Å²) in [5.74, 6) is 0.210. The van der Waals surface area contributed by atoms with Gasteiger partial charge >= 0.3 is 5.97 Å². The Morgan fingerprint density at radius 2 is 1.95 bits per heavy atom. The number of halogens is 1. The van der Waals surface area contributed by atoms with Crippen molar-refractivity contribution in [3.05, 3.63) is 29.8 Å². The predicted octanol–water partition coefficient (Wildman–Crippen LogP) is 0.972. The Balaban J connectivity index is 0.00000200. The highest BCUT2D eigenvalue weighted by atomic mass is 35.5. The summed E-state index contributed by atoms with van der Waals surface area (Å²) in [5.41, 5.74) is 1.04. The standard InChI is InChI=1S/C14H20N2O3.ClH/c1-11(18)19-13-4-2-12(3-5-13)14(10-17)16-8-6-15-7-9-16;/h2-5,14-15,17H,6-10H2,1H3;1H/t14-;/m1./s1. The molecule has 1 aromatic carbocycles. The van der Waals surface area contributed by atoms with Crippen LogP contribution in [0, 0.1) is 0 Å². The number of piperazine rings is 1. The van der Waals surface area contributed by atoms with Crippen LogP contribution in [-0.4, -0.2) is 48.8 Å². The quantitative estimate of drug-likeness (QED) is 0.641. The van der Waals surface area contributed by atoms with Gasteiger partial charge in [0.2, 0.25) is 0 Å². The van der Waals surface area contributed by atoms with Crippen LogP contribution in [0.2, 0.25) is 0 Å². The van der Waals surface area contributed by atoms with Gasteiger partial charge in [-0.05, 0) is 17.7 Å². The Morgan fingerprint density at radius 1 is 1.35 bits per heavy atom. The molecule has 112 valence electrons. The zero-order valence-corrected chi connectivity index (χ0v) is 12.4. The van der Waals surface area contributed by atoms with Gasteiger partial charge in [-0.2, -0.15) is 0 Å². The topological polar surface area (TPSA) is 61.8 Å². The molecular formula is C14H21ClN2O3. The number of hydrogen-bond donors (Lipinski definition) is 2. The Bertz CT molecular complexity index is 419. The van der Waals surface area contributed by atoms with E-state index in [1.807, 2.05) is 12.1 Å². The van der Waals surface area contributed by atoms with Crippen LogP contribution in [0.5, 0.6) is 5.75 Å². The van der Waals surface area contributed by atoms with Crippen LogP contribution in [0.3, 0.4) is 0 Å². The molecule has 1 aromatic rings. The molecule has 20 heavy (non-hydrogen) atoms. The van der Waals surface area contributed by atoms with Crippen LogP contribution < -0.4 is 10.1 Å². The number of carbonyl (C=O) groups excluding carboxylic acids is 1. The zero-order chi connectivity index (χ0) is 13.7. The van der Waals surface area contributed by atoms with Crippen molar-refractivity contribution in [3.8, 4) is 5.75 Å². The van der Waals surface area contributed by atoms with Crippen molar-refractivity contribution in [1.82, 2.24) is 10.2 Å². The number of nitrogens with one attached hydrogen (secondary N) is 1. The minimum Gasteiger partial charge on any atom is -0.427 e. The largest absolute Gasteiger partial charge is 0.427 e. The fourth-order valence-corrected chi connectivity index (χ4v) is 2.35. The summed E-state index contributed by atoms with van der Waals surface area (Å²) in [7, 11) is 0. The molecule has 1 fully saturated rings. The Labute approximate surface area is 125 Å². The number of benzene rings is 1. The molecule has 1 saturated heterocycles. The SMILES string of the molecule is CC(=O)Oc1ccc([C@@H](CO)N2CCNCC2)cc1.Cl. The molecule has 0 radical (unpaired) electrons. The highest BCUT2D eigenvalue weighted by Gasteiger charge is 2.21. The molecule has 0 spiro atoms. The summed E-state index contributed by atoms with van der Waals surface area (Å²) in [4.78, 5) is 13.1. The van der Waals surface area contributed by atoms with Crippen molar-refractivity contribution >= 4 is 18.4 Å². The fourth-order valence-electron chi connectivity index (χ4n) is 2.35. The van der Waals surface area contributed by atoms with Gasteiger partial charge in [0.05, 0.1) is 12.6 Å². The monoisotopic (exact) mass is 300 g/mol. The normalized spacial score (nSPS) is 17.1. The maximum atomic E-state index is 10.9. The molecule has 0 aromatic heterocycles. The number of hydrogen-bond acceptors (Lipinski definition) is 5. The van der Waals surface area contributed by atoms with Gasteiger partial charge in [0.15, 0.2) is 0 Å². The smallest absolute Gasteiger partial charge is 0.308 e. The Morgan fingerprint density at radius 3 is 2.45 bits per heavy atom. The van der Waals surface area contributed by atoms with E-state index in [1.54, 1.807) is 12.1 Å². The number of rotatable bonds is 4. The van der Waals surface area contributed by atoms with Crippen LogP contribution in [0.4, 0.5) is 0 Å². The van der Waals surface area contributed by atoms with E-state index in [1.165, 1.54) is 6.92 Å². The summed E-state index contributed by atoms with van der Waals surface area (Å²) in [5, 5.41) is 12.9. The predicted molar refractivity (Wildman–Crippen MR) is 79.3 cm³/mol. The lowest BCUT2D eigenvalue weighted by Crippen LogP contribution is -2.46. The van der Waals surface area contributed by atoms with Crippen LogP contribution in [0.1, 0.15) is 18.5 Å². The number of ether oxygens (including phenoxy) is 1. The molecule has 0 saturated carbocycles. The molecule has 0 bridgehead atoms. The number of nitrogens with zero attached hydrogens (tertiary/aromatic N) is 1. The van der Waals surface area contributed by atoms with E-state index in [2.05, 4.69) is 10.2 Å². The molecule has 2 rings (SSSR count). The molecule has 1 aliphatic heterocycles. The van der Waals surface area contributed by atoms with Gasteiger partial charge < -0.3 is 15.2 Å². The number of esters is 1. The summed E-state index contributed by atoms with van der Waals surface area (Å²) in [6.07, 6.45) is 0. The maximum absolute atomic E-state index is 10.9. The van der Waals surface area contributed by atoms with E-state index in [-0.39, 0.29) is 31.0 Å². The molecule has 6 heteroatoms. The van der Waals surface area contributed by atoms with Gasteiger partial charge in [-0.15, -0.1) is 12.4 Å². The first-order chi connectivity index (χ1) is 9.20. The molecule has 1 heterocycles. The Hall–Kier alpha value is -1.14. The number of aliphatic hydroxyl groups is 1. The molecule has 0 amide bonds. The van der Waals surface area contributed by atoms with Crippen molar-refractivity contribution in [2.24, 2.45) is 0 Å². The second-order valence-corrected chi connectivity index (χ2v) is 4.65. The van der Waals surface area contributed by atoms with Gasteiger partial charge in [-0.3, -0.25) is 9.69 Å². The molecule has 2 N–H and O–H groups in total. The van der Waals surface area contributed by atoms with Gasteiger partial charge in [0, 0.05) is 33.1 Å². The van der Waals surface area contributed by atoms with E-state index >= 15 is 0 Å². The lowest BCUT2D eigenvalue weighted by Gasteiger charge is -2.34. The van der Waals surface area contributed by atoms with Crippen molar-refractivity contribution in [2.45, 2.75) is 13.0 Å². The molecule has 1 atom stereocenters. The van der Waals surface area contributed by atoms with Gasteiger partial charge in [-0.1, -0.05) is 12.1 Å². The number of aliphatic hydroxyl groups excluding tert-OH is 1.